The van der Waals surface area contributed by atoms with Crippen LogP contribution in [0.4, 0.5) is 0 Å². The molecule has 0 aliphatic heterocycles. The molecule has 0 saturated heterocycles. The Morgan fingerprint density at radius 3 is 2.54 bits per heavy atom. The third kappa shape index (κ3) is 3.11. The van der Waals surface area contributed by atoms with Crippen molar-refractivity contribution >= 4 is 34.6 Å². The molecule has 1 aromatic heterocycles. The lowest BCUT2D eigenvalue weighted by Gasteiger charge is -2.04. The fourth-order valence-electron chi connectivity index (χ4n) is 2.39. The number of imidazole rings is 1. The Bertz CT molecular complexity index is 932. The summed E-state index contributed by atoms with van der Waals surface area (Å²) in [5.41, 5.74) is 7.97. The molecule has 0 amide bonds. The van der Waals surface area contributed by atoms with Gasteiger partial charge in [-0.15, -0.1) is 11.8 Å². The van der Waals surface area contributed by atoms with Crippen LogP contribution in [0.15, 0.2) is 47.4 Å². The van der Waals surface area contributed by atoms with Gasteiger partial charge in [-0.1, -0.05) is 12.1 Å². The molecule has 122 valence electrons. The molecule has 3 rings (SSSR count). The van der Waals surface area contributed by atoms with Gasteiger partial charge in [0.05, 0.1) is 22.3 Å². The van der Waals surface area contributed by atoms with Gasteiger partial charge in [-0.25, -0.2) is 9.78 Å². The highest BCUT2D eigenvalue weighted by Gasteiger charge is 2.11. The highest BCUT2D eigenvalue weighted by atomic mass is 32.2. The normalized spacial score (nSPS) is 10.9. The molecule has 0 unspecified atom stereocenters. The minimum absolute atomic E-state index is 0.0520. The van der Waals surface area contributed by atoms with E-state index in [2.05, 4.69) is 4.98 Å². The van der Waals surface area contributed by atoms with Gasteiger partial charge < -0.3 is 15.4 Å². The number of thioether (sulfide) groups is 1. The third-order valence-electron chi connectivity index (χ3n) is 3.75. The Balaban J connectivity index is 1.81. The topological polar surface area (TPSA) is 105 Å². The van der Waals surface area contributed by atoms with Crippen molar-refractivity contribution in [2.45, 2.75) is 10.6 Å². The summed E-state index contributed by atoms with van der Waals surface area (Å²) >= 11 is 1.62. The Hall–Kier alpha value is -2.80. The number of fused-ring (bicyclic) bond motifs is 1. The van der Waals surface area contributed by atoms with Crippen LogP contribution in [0, 0.1) is 5.41 Å². The Kier molecular flexibility index (Phi) is 4.26. The molecule has 0 fully saturated rings. The van der Waals surface area contributed by atoms with Gasteiger partial charge in [-0.05, 0) is 30.3 Å². The van der Waals surface area contributed by atoms with Crippen LogP contribution in [-0.2, 0) is 12.8 Å². The number of benzene rings is 2. The molecule has 6 nitrogen and oxygen atoms in total. The van der Waals surface area contributed by atoms with Gasteiger partial charge in [0.25, 0.3) is 0 Å². The Morgan fingerprint density at radius 2 is 1.92 bits per heavy atom. The number of aromatic carboxylic acids is 1. The number of rotatable bonds is 5. The largest absolute Gasteiger partial charge is 0.478 e. The summed E-state index contributed by atoms with van der Waals surface area (Å²) in [6.07, 6.45) is 0. The number of hydrogen-bond acceptors (Lipinski definition) is 4. The summed E-state index contributed by atoms with van der Waals surface area (Å²) in [6, 6.07) is 12.4. The van der Waals surface area contributed by atoms with Crippen molar-refractivity contribution < 1.29 is 9.90 Å². The van der Waals surface area contributed by atoms with Gasteiger partial charge in [0.1, 0.15) is 11.7 Å². The standard InChI is InChI=1S/C17H16N4O2S/c1-21-14-7-4-11(17(22)23)8-13(14)20-15(21)9-24-12-5-2-10(3-6-12)16(18)19/h2-8H,9H2,1H3,(H3,18,19)(H,22,23). The number of carboxylic acid groups (broad SMARTS) is 1. The van der Waals surface area contributed by atoms with Crippen LogP contribution in [0.3, 0.4) is 0 Å². The van der Waals surface area contributed by atoms with Gasteiger partial charge in [0, 0.05) is 17.5 Å². The van der Waals surface area contributed by atoms with Crippen molar-refractivity contribution in [3.05, 3.63) is 59.4 Å². The van der Waals surface area contributed by atoms with Crippen LogP contribution in [-0.4, -0.2) is 26.5 Å². The molecular weight excluding hydrogens is 324 g/mol. The zero-order chi connectivity index (χ0) is 17.3. The van der Waals surface area contributed by atoms with Gasteiger partial charge >= 0.3 is 5.97 Å². The monoisotopic (exact) mass is 340 g/mol. The van der Waals surface area contributed by atoms with E-state index in [-0.39, 0.29) is 11.4 Å². The number of aryl methyl sites for hydroxylation is 1. The van der Waals surface area contributed by atoms with E-state index in [9.17, 15) is 4.79 Å². The number of aromatic nitrogens is 2. The number of carbonyl (C=O) groups is 1. The average Bonchev–Trinajstić information content (AvgIpc) is 2.89. The van der Waals surface area contributed by atoms with E-state index in [1.807, 2.05) is 35.9 Å². The number of nitrogens with zero attached hydrogens (tertiary/aromatic N) is 2. The van der Waals surface area contributed by atoms with Crippen LogP contribution < -0.4 is 5.73 Å². The SMILES string of the molecule is Cn1c(CSc2ccc(C(=N)N)cc2)nc2cc(C(=O)O)ccc21. The molecule has 0 radical (unpaired) electrons. The molecule has 7 heteroatoms. The lowest BCUT2D eigenvalue weighted by atomic mass is 10.2. The van der Waals surface area contributed by atoms with Crippen molar-refractivity contribution in [3.8, 4) is 0 Å². The van der Waals surface area contributed by atoms with E-state index < -0.39 is 5.97 Å². The first-order valence-corrected chi connectivity index (χ1v) is 8.20. The number of carboxylic acids is 1. The molecule has 24 heavy (non-hydrogen) atoms. The maximum atomic E-state index is 11.1. The molecule has 0 spiro atoms. The summed E-state index contributed by atoms with van der Waals surface area (Å²) in [6.45, 7) is 0. The van der Waals surface area contributed by atoms with Crippen molar-refractivity contribution in [2.75, 3.05) is 0 Å². The highest BCUT2D eigenvalue weighted by Crippen LogP contribution is 2.25. The Morgan fingerprint density at radius 1 is 1.25 bits per heavy atom. The number of hydrogen-bond donors (Lipinski definition) is 3. The molecule has 0 aliphatic carbocycles. The smallest absolute Gasteiger partial charge is 0.335 e. The van der Waals surface area contributed by atoms with Crippen molar-refractivity contribution in [2.24, 2.45) is 12.8 Å². The predicted octanol–water partition coefficient (Wildman–Crippen LogP) is 2.85. The zero-order valence-electron chi connectivity index (χ0n) is 13.0. The summed E-state index contributed by atoms with van der Waals surface area (Å²) < 4.78 is 1.97. The van der Waals surface area contributed by atoms with E-state index in [1.165, 1.54) is 0 Å². The quantitative estimate of drug-likeness (QED) is 0.376. The van der Waals surface area contributed by atoms with Crippen LogP contribution in [0.5, 0.6) is 0 Å². The van der Waals surface area contributed by atoms with Crippen LogP contribution in [0.2, 0.25) is 0 Å². The van der Waals surface area contributed by atoms with Gasteiger partial charge in [0.2, 0.25) is 0 Å². The van der Waals surface area contributed by atoms with Crippen LogP contribution in [0.1, 0.15) is 21.7 Å². The predicted molar refractivity (Wildman–Crippen MR) is 94.7 cm³/mol. The van der Waals surface area contributed by atoms with Crippen LogP contribution in [0.25, 0.3) is 11.0 Å². The van der Waals surface area contributed by atoms with Crippen LogP contribution >= 0.6 is 11.8 Å². The first kappa shape index (κ1) is 16.1. The molecule has 0 saturated carbocycles. The summed E-state index contributed by atoms with van der Waals surface area (Å²) in [5, 5.41) is 16.5. The van der Waals surface area contributed by atoms with E-state index in [0.717, 1.165) is 16.2 Å². The zero-order valence-corrected chi connectivity index (χ0v) is 13.8. The fourth-order valence-corrected chi connectivity index (χ4v) is 3.27. The minimum Gasteiger partial charge on any atom is -0.478 e. The first-order valence-electron chi connectivity index (χ1n) is 7.21. The molecule has 1 heterocycles. The number of nitrogens with one attached hydrogen (secondary N) is 1. The maximum Gasteiger partial charge on any atom is 0.335 e. The van der Waals surface area contributed by atoms with E-state index in [1.54, 1.807) is 30.0 Å². The molecule has 0 aliphatic rings. The molecule has 0 bridgehead atoms. The van der Waals surface area contributed by atoms with E-state index in [0.29, 0.717) is 16.8 Å². The van der Waals surface area contributed by atoms with E-state index in [4.69, 9.17) is 16.2 Å². The second kappa shape index (κ2) is 6.37. The van der Waals surface area contributed by atoms with Gasteiger partial charge in [-0.2, -0.15) is 0 Å². The highest BCUT2D eigenvalue weighted by molar-refractivity contribution is 7.98. The second-order valence-electron chi connectivity index (χ2n) is 5.32. The van der Waals surface area contributed by atoms with E-state index >= 15 is 0 Å². The first-order chi connectivity index (χ1) is 11.5. The van der Waals surface area contributed by atoms with Gasteiger partial charge in [-0.3, -0.25) is 5.41 Å². The molecule has 0 atom stereocenters. The lowest BCUT2D eigenvalue weighted by molar-refractivity contribution is 0.0697. The molecule has 4 N–H and O–H groups in total. The molecule has 3 aromatic rings. The molecule has 2 aromatic carbocycles. The number of nitrogens with two attached hydrogens (primary N) is 1. The summed E-state index contributed by atoms with van der Waals surface area (Å²) in [5.74, 6) is 0.626. The maximum absolute atomic E-state index is 11.1. The fraction of sp³-hybridized carbons (Fsp3) is 0.118. The summed E-state index contributed by atoms with van der Waals surface area (Å²) in [7, 11) is 1.92. The Labute approximate surface area is 142 Å². The van der Waals surface area contributed by atoms with Gasteiger partial charge in [0.15, 0.2) is 0 Å². The minimum atomic E-state index is -0.955. The van der Waals surface area contributed by atoms with Crippen molar-refractivity contribution in [1.82, 2.24) is 9.55 Å². The number of amidine groups is 1. The third-order valence-corrected chi connectivity index (χ3v) is 4.76. The number of nitrogen functional groups attached to an aromatic ring is 1. The molecular formula is C17H16N4O2S. The summed E-state index contributed by atoms with van der Waals surface area (Å²) in [4.78, 5) is 16.7. The lowest BCUT2D eigenvalue weighted by Crippen LogP contribution is -2.10. The second-order valence-corrected chi connectivity index (χ2v) is 6.37. The van der Waals surface area contributed by atoms with Crippen molar-refractivity contribution in [3.63, 3.8) is 0 Å². The van der Waals surface area contributed by atoms with Crippen molar-refractivity contribution in [1.29, 1.82) is 5.41 Å². The average molecular weight is 340 g/mol.